The van der Waals surface area contributed by atoms with E-state index in [9.17, 15) is 34.1 Å². The molecule has 1 unspecified atom stereocenters. The Hall–Kier alpha value is -4.41. The van der Waals surface area contributed by atoms with Crippen LogP contribution in [0.2, 0.25) is 0 Å². The third-order valence-corrected chi connectivity index (χ3v) is 8.57. The fourth-order valence-corrected chi connectivity index (χ4v) is 6.03. The Labute approximate surface area is 250 Å². The molecule has 0 spiro atoms. The van der Waals surface area contributed by atoms with E-state index in [4.69, 9.17) is 5.73 Å². The van der Waals surface area contributed by atoms with Crippen molar-refractivity contribution in [2.24, 2.45) is 29.4 Å². The van der Waals surface area contributed by atoms with Crippen molar-refractivity contribution >= 4 is 35.0 Å². The van der Waals surface area contributed by atoms with E-state index in [1.807, 2.05) is 24.3 Å². The number of hydrogen-bond acceptors (Lipinski definition) is 7. The molecule has 1 saturated carbocycles. The van der Waals surface area contributed by atoms with Crippen molar-refractivity contribution in [1.82, 2.24) is 10.6 Å². The van der Waals surface area contributed by atoms with Crippen molar-refractivity contribution < 1.29 is 28.9 Å². The van der Waals surface area contributed by atoms with E-state index in [1.165, 1.54) is 13.0 Å². The Kier molecular flexibility index (Phi) is 10.1. The summed E-state index contributed by atoms with van der Waals surface area (Å²) in [5, 5.41) is 16.9. The first kappa shape index (κ1) is 31.5. The summed E-state index contributed by atoms with van der Waals surface area (Å²) >= 11 is 0. The number of hydrogen-bond donors (Lipinski definition) is 3. The van der Waals surface area contributed by atoms with E-state index in [2.05, 4.69) is 10.6 Å². The second kappa shape index (κ2) is 13.7. The number of amides is 3. The molecule has 0 aliphatic heterocycles. The van der Waals surface area contributed by atoms with Gasteiger partial charge in [-0.05, 0) is 61.6 Å². The second-order valence-electron chi connectivity index (χ2n) is 11.8. The highest BCUT2D eigenvalue weighted by Gasteiger charge is 2.48. The number of nitrogens with zero attached hydrogens (tertiary/aromatic N) is 1. The van der Waals surface area contributed by atoms with Gasteiger partial charge in [0, 0.05) is 55.7 Å². The van der Waals surface area contributed by atoms with Gasteiger partial charge in [0.2, 0.25) is 17.7 Å². The van der Waals surface area contributed by atoms with Crippen LogP contribution in [-0.4, -0.2) is 46.8 Å². The molecule has 2 aliphatic rings. The van der Waals surface area contributed by atoms with E-state index in [-0.39, 0.29) is 42.6 Å². The number of nitro benzene ring substituents is 1. The zero-order valence-electron chi connectivity index (χ0n) is 24.5. The molecule has 1 fully saturated rings. The molecule has 0 heterocycles. The van der Waals surface area contributed by atoms with Crippen molar-refractivity contribution in [2.75, 3.05) is 6.54 Å². The SMILES string of the molecule is CC(=O)NCCCC(=O)[C@H]1CC1C(=O)N[C@H](Cc1ccc(C)c([N+](=O)[O-])c1)C(=O)C[C@@H](C(N)=O)C1Cc2ccccc2C1. The van der Waals surface area contributed by atoms with E-state index >= 15 is 0 Å². The minimum absolute atomic E-state index is 0.00981. The number of rotatable bonds is 15. The molecule has 0 bridgehead atoms. The van der Waals surface area contributed by atoms with Gasteiger partial charge in [0.15, 0.2) is 5.78 Å². The maximum absolute atomic E-state index is 13.7. The molecule has 0 radical (unpaired) electrons. The normalized spacial score (nSPS) is 18.7. The van der Waals surface area contributed by atoms with Gasteiger partial charge in [-0.2, -0.15) is 0 Å². The predicted octanol–water partition coefficient (Wildman–Crippen LogP) is 2.53. The minimum atomic E-state index is -1.06. The quantitative estimate of drug-likeness (QED) is 0.162. The van der Waals surface area contributed by atoms with Crippen LogP contribution in [0.1, 0.15) is 54.9 Å². The Morgan fingerprint density at radius 1 is 1.05 bits per heavy atom. The van der Waals surface area contributed by atoms with Gasteiger partial charge in [-0.3, -0.25) is 34.1 Å². The largest absolute Gasteiger partial charge is 0.369 e. The Bertz CT molecular complexity index is 1410. The number of aryl methyl sites for hydroxylation is 1. The molecule has 2 aromatic carbocycles. The van der Waals surface area contributed by atoms with Crippen LogP contribution in [0.15, 0.2) is 42.5 Å². The van der Waals surface area contributed by atoms with Crippen molar-refractivity contribution in [1.29, 1.82) is 0 Å². The van der Waals surface area contributed by atoms with Gasteiger partial charge < -0.3 is 16.4 Å². The molecule has 11 nitrogen and oxygen atoms in total. The molecule has 0 aromatic heterocycles. The number of nitro groups is 1. The molecule has 4 rings (SSSR count). The van der Waals surface area contributed by atoms with Crippen LogP contribution in [0.4, 0.5) is 5.69 Å². The standard InChI is InChI=1S/C32H38N4O7/c1-18-9-10-20(13-28(18)36(42)43)12-27(35-32(41)26-16-25(26)29(38)8-5-11-34-19(2)37)30(39)17-24(31(33)40)23-14-21-6-3-4-7-22(21)15-23/h3-4,6-7,9-10,13,23-27H,5,8,11-12,14-17H2,1-2H3,(H2,33,40)(H,34,37)(H,35,41)/t24-,25+,26?,27-/m1/s1. The number of primary amides is 1. The van der Waals surface area contributed by atoms with Crippen LogP contribution in [0, 0.1) is 40.7 Å². The van der Waals surface area contributed by atoms with Gasteiger partial charge in [-0.15, -0.1) is 0 Å². The summed E-state index contributed by atoms with van der Waals surface area (Å²) in [5.41, 5.74) is 8.87. The van der Waals surface area contributed by atoms with E-state index < -0.39 is 46.3 Å². The zero-order chi connectivity index (χ0) is 31.3. The second-order valence-corrected chi connectivity index (χ2v) is 11.8. The van der Waals surface area contributed by atoms with Crippen LogP contribution in [0.25, 0.3) is 0 Å². The van der Waals surface area contributed by atoms with E-state index in [0.717, 1.165) is 11.1 Å². The summed E-state index contributed by atoms with van der Waals surface area (Å²) in [4.78, 5) is 74.2. The summed E-state index contributed by atoms with van der Waals surface area (Å²) in [7, 11) is 0. The minimum Gasteiger partial charge on any atom is -0.369 e. The van der Waals surface area contributed by atoms with E-state index in [0.29, 0.717) is 43.4 Å². The van der Waals surface area contributed by atoms with Gasteiger partial charge in [-0.1, -0.05) is 36.4 Å². The summed E-state index contributed by atoms with van der Waals surface area (Å²) in [6.07, 6.45) is 2.11. The first-order valence-corrected chi connectivity index (χ1v) is 14.6. The lowest BCUT2D eigenvalue weighted by atomic mass is 9.83. The first-order valence-electron chi connectivity index (χ1n) is 14.6. The molecule has 2 aromatic rings. The molecule has 3 amide bonds. The van der Waals surface area contributed by atoms with Crippen molar-refractivity contribution in [3.8, 4) is 0 Å². The highest BCUT2D eigenvalue weighted by molar-refractivity contribution is 5.97. The summed E-state index contributed by atoms with van der Waals surface area (Å²) in [6, 6.07) is 11.4. The summed E-state index contributed by atoms with van der Waals surface area (Å²) < 4.78 is 0. The van der Waals surface area contributed by atoms with Crippen LogP contribution >= 0.6 is 0 Å². The fraction of sp³-hybridized carbons (Fsp3) is 0.469. The molecule has 4 atom stereocenters. The highest BCUT2D eigenvalue weighted by atomic mass is 16.6. The van der Waals surface area contributed by atoms with Crippen LogP contribution in [0.3, 0.4) is 0 Å². The Balaban J connectivity index is 1.47. The van der Waals surface area contributed by atoms with Crippen LogP contribution in [-0.2, 0) is 43.2 Å². The maximum atomic E-state index is 13.7. The lowest BCUT2D eigenvalue weighted by molar-refractivity contribution is -0.385. The zero-order valence-corrected chi connectivity index (χ0v) is 24.5. The maximum Gasteiger partial charge on any atom is 0.272 e. The first-order chi connectivity index (χ1) is 20.4. The average molecular weight is 591 g/mol. The van der Waals surface area contributed by atoms with Crippen LogP contribution in [0.5, 0.6) is 0 Å². The number of carbonyl (C=O) groups is 5. The number of nitrogens with one attached hydrogen (secondary N) is 2. The smallest absolute Gasteiger partial charge is 0.272 e. The third kappa shape index (κ3) is 8.12. The Morgan fingerprint density at radius 2 is 1.72 bits per heavy atom. The third-order valence-electron chi connectivity index (χ3n) is 8.57. The number of nitrogens with two attached hydrogens (primary N) is 1. The van der Waals surface area contributed by atoms with Gasteiger partial charge in [0.05, 0.1) is 11.0 Å². The number of ketones is 2. The molecule has 2 aliphatic carbocycles. The van der Waals surface area contributed by atoms with Gasteiger partial charge in [0.25, 0.3) is 5.69 Å². The molecule has 11 heteroatoms. The van der Waals surface area contributed by atoms with Gasteiger partial charge in [-0.25, -0.2) is 0 Å². The van der Waals surface area contributed by atoms with Gasteiger partial charge >= 0.3 is 0 Å². The van der Waals surface area contributed by atoms with Crippen molar-refractivity contribution in [3.63, 3.8) is 0 Å². The summed E-state index contributed by atoms with van der Waals surface area (Å²) in [6.45, 7) is 3.38. The molecule has 4 N–H and O–H groups in total. The molecular weight excluding hydrogens is 552 g/mol. The Morgan fingerprint density at radius 3 is 2.33 bits per heavy atom. The van der Waals surface area contributed by atoms with Crippen molar-refractivity contribution in [3.05, 3.63) is 74.8 Å². The van der Waals surface area contributed by atoms with Gasteiger partial charge in [0.1, 0.15) is 5.78 Å². The molecular formula is C32H38N4O7. The van der Waals surface area contributed by atoms with Crippen molar-refractivity contribution in [2.45, 2.75) is 64.8 Å². The number of benzene rings is 2. The summed E-state index contributed by atoms with van der Waals surface area (Å²) in [5.74, 6) is -3.60. The fourth-order valence-electron chi connectivity index (χ4n) is 6.03. The molecule has 43 heavy (non-hydrogen) atoms. The van der Waals surface area contributed by atoms with E-state index in [1.54, 1.807) is 19.1 Å². The number of Topliss-reactive ketones (excluding diaryl/α,β-unsaturated/α-hetero) is 2. The lowest BCUT2D eigenvalue weighted by Gasteiger charge is -2.24. The number of carbonyl (C=O) groups excluding carboxylic acids is 5. The highest BCUT2D eigenvalue weighted by Crippen LogP contribution is 2.40. The average Bonchev–Trinajstić information content (AvgIpc) is 3.65. The number of fused-ring (bicyclic) bond motifs is 1. The monoisotopic (exact) mass is 590 g/mol. The van der Waals surface area contributed by atoms with Crippen LogP contribution < -0.4 is 16.4 Å². The molecule has 0 saturated heterocycles. The lowest BCUT2D eigenvalue weighted by Crippen LogP contribution is -2.45. The molecule has 228 valence electrons. The predicted molar refractivity (Wildman–Crippen MR) is 158 cm³/mol. The topological polar surface area (TPSA) is 179 Å².